The van der Waals surface area contributed by atoms with Gasteiger partial charge in [-0.25, -0.2) is 4.79 Å². The van der Waals surface area contributed by atoms with Gasteiger partial charge in [0.25, 0.3) is 6.01 Å². The molecule has 0 aromatic carbocycles. The minimum absolute atomic E-state index is 0.0449. The van der Waals surface area contributed by atoms with Crippen LogP contribution in [0.5, 0.6) is 0 Å². The van der Waals surface area contributed by atoms with Crippen molar-refractivity contribution >= 4 is 12.0 Å². The lowest BCUT2D eigenvalue weighted by Gasteiger charge is -2.05. The number of carbonyl (C=O) groups is 1. The highest BCUT2D eigenvalue weighted by Crippen LogP contribution is 2.07. The molecule has 6 nitrogen and oxygen atoms in total. The molecular weight excluding hydrogens is 200 g/mol. The molecule has 1 heterocycles. The molecule has 1 unspecified atom stereocenters. The van der Waals surface area contributed by atoms with Crippen LogP contribution in [0.15, 0.2) is 10.7 Å². The zero-order valence-electron chi connectivity index (χ0n) is 7.80. The van der Waals surface area contributed by atoms with Crippen LogP contribution in [0.1, 0.15) is 16.9 Å². The van der Waals surface area contributed by atoms with Crippen LogP contribution in [0.3, 0.4) is 0 Å². The van der Waals surface area contributed by atoms with Crippen molar-refractivity contribution in [2.75, 3.05) is 11.9 Å². The van der Waals surface area contributed by atoms with Gasteiger partial charge >= 0.3 is 5.97 Å². The minimum Gasteiger partial charge on any atom is -0.476 e. The van der Waals surface area contributed by atoms with E-state index in [1.165, 1.54) is 0 Å². The van der Waals surface area contributed by atoms with Gasteiger partial charge in [-0.15, -0.1) is 12.3 Å². The number of nitrogens with zero attached hydrogens (tertiary/aromatic N) is 1. The van der Waals surface area contributed by atoms with Gasteiger partial charge in [0.2, 0.25) is 0 Å². The Hall–Kier alpha value is -2.00. The predicted octanol–water partition coefficient (Wildman–Crippen LogP) is 0.169. The summed E-state index contributed by atoms with van der Waals surface area (Å²) in [4.78, 5) is 14.0. The maximum Gasteiger partial charge on any atom is 0.357 e. The highest BCUT2D eigenvalue weighted by atomic mass is 16.4. The molecule has 0 spiro atoms. The zero-order chi connectivity index (χ0) is 11.3. The minimum atomic E-state index is -1.17. The van der Waals surface area contributed by atoms with E-state index in [2.05, 4.69) is 16.2 Å². The summed E-state index contributed by atoms with van der Waals surface area (Å²) < 4.78 is 4.79. The van der Waals surface area contributed by atoms with Crippen LogP contribution >= 0.6 is 0 Å². The van der Waals surface area contributed by atoms with E-state index in [4.69, 9.17) is 15.9 Å². The Labute approximate surface area is 85.9 Å². The second-order valence-corrected chi connectivity index (χ2v) is 2.79. The Morgan fingerprint density at radius 1 is 1.80 bits per heavy atom. The highest BCUT2D eigenvalue weighted by molar-refractivity contribution is 5.85. The summed E-state index contributed by atoms with van der Waals surface area (Å²) in [6.45, 7) is 0.157. The third-order valence-electron chi connectivity index (χ3n) is 1.57. The third-order valence-corrected chi connectivity index (χ3v) is 1.57. The molecule has 80 valence electrons. The number of nitrogens with one attached hydrogen (secondary N) is 1. The van der Waals surface area contributed by atoms with E-state index in [-0.39, 0.29) is 24.7 Å². The summed E-state index contributed by atoms with van der Waals surface area (Å²) in [7, 11) is 0. The Morgan fingerprint density at radius 3 is 3.07 bits per heavy atom. The fraction of sp³-hybridized carbons (Fsp3) is 0.333. The van der Waals surface area contributed by atoms with E-state index < -0.39 is 12.1 Å². The van der Waals surface area contributed by atoms with Gasteiger partial charge in [-0.1, -0.05) is 0 Å². The zero-order valence-corrected chi connectivity index (χ0v) is 7.80. The number of oxazole rings is 1. The third kappa shape index (κ3) is 3.32. The first kappa shape index (κ1) is 11.1. The Morgan fingerprint density at radius 2 is 2.53 bits per heavy atom. The lowest BCUT2D eigenvalue weighted by molar-refractivity contribution is 0.0690. The molecule has 15 heavy (non-hydrogen) atoms. The molecule has 3 N–H and O–H groups in total. The fourth-order valence-electron chi connectivity index (χ4n) is 0.866. The molecule has 1 aromatic rings. The van der Waals surface area contributed by atoms with Gasteiger partial charge in [0.15, 0.2) is 5.69 Å². The van der Waals surface area contributed by atoms with E-state index in [0.717, 1.165) is 6.26 Å². The first-order valence-electron chi connectivity index (χ1n) is 4.17. The van der Waals surface area contributed by atoms with Crippen molar-refractivity contribution in [1.82, 2.24) is 4.98 Å². The molecule has 0 radical (unpaired) electrons. The molecule has 0 bridgehead atoms. The molecule has 0 fully saturated rings. The summed E-state index contributed by atoms with van der Waals surface area (Å²) in [5.41, 5.74) is -0.191. The Kier molecular flexibility index (Phi) is 3.71. The van der Waals surface area contributed by atoms with E-state index in [1.54, 1.807) is 0 Å². The first-order valence-corrected chi connectivity index (χ1v) is 4.17. The van der Waals surface area contributed by atoms with E-state index in [1.807, 2.05) is 0 Å². The summed E-state index contributed by atoms with van der Waals surface area (Å²) in [5.74, 6) is 1.12. The molecule has 1 rings (SSSR count). The summed E-state index contributed by atoms with van der Waals surface area (Å²) >= 11 is 0. The van der Waals surface area contributed by atoms with Gasteiger partial charge < -0.3 is 19.9 Å². The van der Waals surface area contributed by atoms with Crippen LogP contribution < -0.4 is 5.32 Å². The standard InChI is InChI=1S/C9H10N2O4/c1-2-3-6(12)4-10-9-11-7(5-15-9)8(13)14/h1,5-6,12H,3-4H2,(H,10,11)(H,13,14). The predicted molar refractivity (Wildman–Crippen MR) is 51.4 cm³/mol. The Bertz CT molecular complexity index is 380. The van der Waals surface area contributed by atoms with Gasteiger partial charge in [0.05, 0.1) is 6.10 Å². The lowest BCUT2D eigenvalue weighted by atomic mass is 10.3. The van der Waals surface area contributed by atoms with Crippen LogP contribution in [-0.4, -0.2) is 33.8 Å². The number of carboxylic acid groups (broad SMARTS) is 1. The van der Waals surface area contributed by atoms with Crippen molar-refractivity contribution in [1.29, 1.82) is 0 Å². The van der Waals surface area contributed by atoms with Crippen LogP contribution in [0.4, 0.5) is 6.01 Å². The molecule has 0 amide bonds. The quantitative estimate of drug-likeness (QED) is 0.599. The van der Waals surface area contributed by atoms with E-state index >= 15 is 0 Å². The van der Waals surface area contributed by atoms with Gasteiger partial charge in [-0.05, 0) is 0 Å². The van der Waals surface area contributed by atoms with Gasteiger partial charge in [-0.3, -0.25) is 0 Å². The number of terminal acetylenes is 1. The van der Waals surface area contributed by atoms with Gasteiger partial charge in [0, 0.05) is 13.0 Å². The van der Waals surface area contributed by atoms with Crippen molar-refractivity contribution in [3.63, 3.8) is 0 Å². The fourth-order valence-corrected chi connectivity index (χ4v) is 0.866. The number of aromatic carboxylic acids is 1. The number of aromatic nitrogens is 1. The first-order chi connectivity index (χ1) is 7.13. The summed E-state index contributed by atoms with van der Waals surface area (Å²) in [6, 6.07) is 0.0449. The molecule has 0 saturated heterocycles. The lowest BCUT2D eigenvalue weighted by Crippen LogP contribution is -2.18. The SMILES string of the molecule is C#CCC(O)CNc1nc(C(=O)O)co1. The van der Waals surface area contributed by atoms with Crippen molar-refractivity contribution in [2.45, 2.75) is 12.5 Å². The van der Waals surface area contributed by atoms with Crippen molar-refractivity contribution in [2.24, 2.45) is 0 Å². The molecule has 0 saturated carbocycles. The average Bonchev–Trinajstić information content (AvgIpc) is 2.63. The maximum absolute atomic E-state index is 10.4. The van der Waals surface area contributed by atoms with Crippen LogP contribution in [0.25, 0.3) is 0 Å². The van der Waals surface area contributed by atoms with Crippen LogP contribution in [0, 0.1) is 12.3 Å². The van der Waals surface area contributed by atoms with Crippen molar-refractivity contribution in [3.8, 4) is 12.3 Å². The smallest absolute Gasteiger partial charge is 0.357 e. The number of anilines is 1. The van der Waals surface area contributed by atoms with Crippen molar-refractivity contribution in [3.05, 3.63) is 12.0 Å². The molecule has 0 aliphatic rings. The normalized spacial score (nSPS) is 11.7. The number of rotatable bonds is 5. The van der Waals surface area contributed by atoms with E-state index in [9.17, 15) is 9.90 Å². The van der Waals surface area contributed by atoms with Crippen LogP contribution in [0.2, 0.25) is 0 Å². The van der Waals surface area contributed by atoms with Crippen LogP contribution in [-0.2, 0) is 0 Å². The topological polar surface area (TPSA) is 95.6 Å². The van der Waals surface area contributed by atoms with Gasteiger partial charge in [0.1, 0.15) is 6.26 Å². The number of aliphatic hydroxyl groups is 1. The second kappa shape index (κ2) is 5.02. The summed E-state index contributed by atoms with van der Waals surface area (Å²) in [5, 5.41) is 20.4. The number of aliphatic hydroxyl groups excluding tert-OH is 1. The molecule has 0 aliphatic carbocycles. The second-order valence-electron chi connectivity index (χ2n) is 2.79. The van der Waals surface area contributed by atoms with Crippen molar-refractivity contribution < 1.29 is 19.4 Å². The Balaban J connectivity index is 2.45. The molecule has 6 heteroatoms. The molecular formula is C9H10N2O4. The number of hydrogen-bond donors (Lipinski definition) is 3. The largest absolute Gasteiger partial charge is 0.476 e. The summed E-state index contributed by atoms with van der Waals surface area (Å²) in [6.07, 6.45) is 5.49. The van der Waals surface area contributed by atoms with E-state index in [0.29, 0.717) is 0 Å². The molecule has 1 aromatic heterocycles. The van der Waals surface area contributed by atoms with Gasteiger partial charge in [-0.2, -0.15) is 4.98 Å². The maximum atomic E-state index is 10.4. The average molecular weight is 210 g/mol. The monoisotopic (exact) mass is 210 g/mol. The number of carboxylic acids is 1. The molecule has 1 atom stereocenters. The molecule has 0 aliphatic heterocycles. The highest BCUT2D eigenvalue weighted by Gasteiger charge is 2.10. The number of hydrogen-bond acceptors (Lipinski definition) is 5.